The van der Waals surface area contributed by atoms with Crippen molar-refractivity contribution in [3.8, 4) is 0 Å². The second kappa shape index (κ2) is 13.3. The van der Waals surface area contributed by atoms with Crippen molar-refractivity contribution < 1.29 is 5.11 Å². The number of aliphatic hydroxyl groups is 1. The third-order valence-electron chi connectivity index (χ3n) is 5.99. The molecule has 1 aromatic heterocycles. The van der Waals surface area contributed by atoms with Crippen LogP contribution in [0.5, 0.6) is 0 Å². The number of benzene rings is 1. The number of nitrogens with zero attached hydrogens (tertiary/aromatic N) is 5. The Morgan fingerprint density at radius 2 is 1.85 bits per heavy atom. The maximum atomic E-state index is 9.68. The van der Waals surface area contributed by atoms with Crippen molar-refractivity contribution >= 4 is 29.9 Å². The topological polar surface area (TPSA) is 68.9 Å². The SMILES string of the molecule is CCNC(=NCc1ccc(CN2CCC(O)CC2)cc1)N(C)Cc1cn(C)nc1C(C)C.I. The zero-order valence-corrected chi connectivity index (χ0v) is 23.1. The van der Waals surface area contributed by atoms with E-state index in [1.54, 1.807) is 0 Å². The summed E-state index contributed by atoms with van der Waals surface area (Å²) in [6.45, 7) is 11.6. The largest absolute Gasteiger partial charge is 0.393 e. The molecule has 1 aliphatic rings. The van der Waals surface area contributed by atoms with Gasteiger partial charge in [-0.05, 0) is 36.8 Å². The summed E-state index contributed by atoms with van der Waals surface area (Å²) < 4.78 is 1.90. The minimum atomic E-state index is -0.120. The lowest BCUT2D eigenvalue weighted by molar-refractivity contribution is 0.0792. The Labute approximate surface area is 216 Å². The fourth-order valence-electron chi connectivity index (χ4n) is 4.21. The highest BCUT2D eigenvalue weighted by atomic mass is 127. The summed E-state index contributed by atoms with van der Waals surface area (Å²) in [6, 6.07) is 8.77. The average Bonchev–Trinajstić information content (AvgIpc) is 3.14. The van der Waals surface area contributed by atoms with Gasteiger partial charge in [0.15, 0.2) is 5.96 Å². The first-order valence-corrected chi connectivity index (χ1v) is 11.9. The molecule has 0 saturated carbocycles. The van der Waals surface area contributed by atoms with Crippen LogP contribution in [0.2, 0.25) is 0 Å². The van der Waals surface area contributed by atoms with Crippen molar-refractivity contribution in [3.05, 3.63) is 52.8 Å². The van der Waals surface area contributed by atoms with Crippen LogP contribution < -0.4 is 5.32 Å². The maximum Gasteiger partial charge on any atom is 0.194 e. The van der Waals surface area contributed by atoms with Gasteiger partial charge in [-0.25, -0.2) is 4.99 Å². The second-order valence-electron chi connectivity index (χ2n) is 9.22. The van der Waals surface area contributed by atoms with Gasteiger partial charge in [0.25, 0.3) is 0 Å². The fourth-order valence-corrected chi connectivity index (χ4v) is 4.21. The van der Waals surface area contributed by atoms with E-state index in [1.165, 1.54) is 16.7 Å². The van der Waals surface area contributed by atoms with Gasteiger partial charge in [-0.2, -0.15) is 5.10 Å². The van der Waals surface area contributed by atoms with Crippen molar-refractivity contribution in [2.75, 3.05) is 26.7 Å². The maximum absolute atomic E-state index is 9.68. The molecule has 1 fully saturated rings. The van der Waals surface area contributed by atoms with Crippen molar-refractivity contribution in [2.24, 2.45) is 12.0 Å². The van der Waals surface area contributed by atoms with Crippen molar-refractivity contribution in [1.29, 1.82) is 0 Å². The molecule has 1 saturated heterocycles. The molecule has 1 aromatic carbocycles. The van der Waals surface area contributed by atoms with Crippen LogP contribution in [0.3, 0.4) is 0 Å². The van der Waals surface area contributed by atoms with Crippen LogP contribution >= 0.6 is 24.0 Å². The molecule has 184 valence electrons. The van der Waals surface area contributed by atoms with E-state index in [0.717, 1.165) is 57.2 Å². The molecule has 8 heteroatoms. The molecule has 2 heterocycles. The molecule has 1 aliphatic heterocycles. The number of hydrogen-bond donors (Lipinski definition) is 2. The summed E-state index contributed by atoms with van der Waals surface area (Å²) in [5, 5.41) is 17.7. The molecule has 33 heavy (non-hydrogen) atoms. The molecule has 0 bridgehead atoms. The number of rotatable bonds is 8. The van der Waals surface area contributed by atoms with Gasteiger partial charge >= 0.3 is 0 Å². The Kier molecular flexibility index (Phi) is 11.1. The molecule has 0 unspecified atom stereocenters. The van der Waals surface area contributed by atoms with E-state index in [2.05, 4.69) is 78.5 Å². The molecule has 3 rings (SSSR count). The number of hydrogen-bond acceptors (Lipinski definition) is 4. The zero-order valence-electron chi connectivity index (χ0n) is 20.8. The van der Waals surface area contributed by atoms with Crippen LogP contribution in [0.1, 0.15) is 61.9 Å². The molecule has 2 N–H and O–H groups in total. The Morgan fingerprint density at radius 3 is 2.45 bits per heavy atom. The number of halogens is 1. The van der Waals surface area contributed by atoms with Crippen molar-refractivity contribution in [2.45, 2.75) is 65.3 Å². The van der Waals surface area contributed by atoms with Crippen LogP contribution in [0.4, 0.5) is 0 Å². The van der Waals surface area contributed by atoms with Crippen LogP contribution in [-0.4, -0.2) is 63.4 Å². The highest BCUT2D eigenvalue weighted by Gasteiger charge is 2.17. The van der Waals surface area contributed by atoms with Crippen LogP contribution in [0, 0.1) is 0 Å². The Balaban J connectivity index is 0.00000385. The van der Waals surface area contributed by atoms with Gasteiger partial charge in [0.05, 0.1) is 18.3 Å². The first-order valence-electron chi connectivity index (χ1n) is 11.9. The van der Waals surface area contributed by atoms with Gasteiger partial charge in [-0.3, -0.25) is 9.58 Å². The lowest BCUT2D eigenvalue weighted by atomic mass is 10.1. The van der Waals surface area contributed by atoms with E-state index in [9.17, 15) is 5.11 Å². The number of likely N-dealkylation sites (tertiary alicyclic amines) is 1. The normalized spacial score (nSPS) is 15.5. The van der Waals surface area contributed by atoms with E-state index in [0.29, 0.717) is 12.5 Å². The number of aliphatic imine (C=N–C) groups is 1. The summed E-state index contributed by atoms with van der Waals surface area (Å²) in [7, 11) is 4.06. The summed E-state index contributed by atoms with van der Waals surface area (Å²) in [6.07, 6.45) is 3.75. The number of nitrogens with one attached hydrogen (secondary N) is 1. The van der Waals surface area contributed by atoms with Gasteiger partial charge in [0, 0.05) is 58.6 Å². The quantitative estimate of drug-likeness (QED) is 0.289. The molecule has 2 aromatic rings. The Hall–Kier alpha value is -1.65. The van der Waals surface area contributed by atoms with Gasteiger partial charge in [-0.1, -0.05) is 38.1 Å². The first-order chi connectivity index (χ1) is 15.4. The van der Waals surface area contributed by atoms with Gasteiger partial charge in [-0.15, -0.1) is 24.0 Å². The average molecular weight is 569 g/mol. The van der Waals surface area contributed by atoms with Gasteiger partial charge < -0.3 is 15.3 Å². The third-order valence-corrected chi connectivity index (χ3v) is 5.99. The lowest BCUT2D eigenvalue weighted by Gasteiger charge is -2.29. The molecular formula is C25H41IN6O. The third kappa shape index (κ3) is 8.26. The predicted molar refractivity (Wildman–Crippen MR) is 146 cm³/mol. The number of guanidine groups is 1. The molecular weight excluding hydrogens is 527 g/mol. The van der Waals surface area contributed by atoms with E-state index in [1.807, 2.05) is 11.7 Å². The Morgan fingerprint density at radius 1 is 1.21 bits per heavy atom. The van der Waals surface area contributed by atoms with E-state index >= 15 is 0 Å². The molecule has 0 atom stereocenters. The standard InChI is InChI=1S/C25H40N6O.HI/c1-6-26-25(29(4)17-22-18-30(5)28-24(22)19(2)3)27-15-20-7-9-21(10-8-20)16-31-13-11-23(32)12-14-31;/h7-10,18-19,23,32H,6,11-17H2,1-5H3,(H,26,27);1H. The van der Waals surface area contributed by atoms with E-state index in [-0.39, 0.29) is 30.1 Å². The number of aliphatic hydroxyl groups excluding tert-OH is 1. The number of piperidine rings is 1. The molecule has 0 spiro atoms. The summed E-state index contributed by atoms with van der Waals surface area (Å²) in [4.78, 5) is 9.47. The highest BCUT2D eigenvalue weighted by molar-refractivity contribution is 14.0. The van der Waals surface area contributed by atoms with Crippen LogP contribution in [0.25, 0.3) is 0 Å². The Bertz CT molecular complexity index is 872. The van der Waals surface area contributed by atoms with E-state index in [4.69, 9.17) is 4.99 Å². The summed E-state index contributed by atoms with van der Waals surface area (Å²) in [5.74, 6) is 1.30. The first kappa shape index (κ1) is 27.6. The van der Waals surface area contributed by atoms with Gasteiger partial charge in [0.2, 0.25) is 0 Å². The van der Waals surface area contributed by atoms with Crippen molar-refractivity contribution in [1.82, 2.24) is 24.9 Å². The predicted octanol–water partition coefficient (Wildman–Crippen LogP) is 3.72. The monoisotopic (exact) mass is 568 g/mol. The highest BCUT2D eigenvalue weighted by Crippen LogP contribution is 2.19. The van der Waals surface area contributed by atoms with Crippen molar-refractivity contribution in [3.63, 3.8) is 0 Å². The minimum absolute atomic E-state index is 0. The van der Waals surface area contributed by atoms with E-state index < -0.39 is 0 Å². The summed E-state index contributed by atoms with van der Waals surface area (Å²) >= 11 is 0. The van der Waals surface area contributed by atoms with Crippen LogP contribution in [0.15, 0.2) is 35.5 Å². The number of aryl methyl sites for hydroxylation is 1. The van der Waals surface area contributed by atoms with Gasteiger partial charge in [0.1, 0.15) is 0 Å². The second-order valence-corrected chi connectivity index (χ2v) is 9.22. The number of aromatic nitrogens is 2. The summed E-state index contributed by atoms with van der Waals surface area (Å²) in [5.41, 5.74) is 4.91. The fraction of sp³-hybridized carbons (Fsp3) is 0.600. The molecule has 0 aliphatic carbocycles. The molecule has 0 amide bonds. The minimum Gasteiger partial charge on any atom is -0.393 e. The smallest absolute Gasteiger partial charge is 0.194 e. The molecule has 0 radical (unpaired) electrons. The zero-order chi connectivity index (χ0) is 23.1. The van der Waals surface area contributed by atoms with Crippen LogP contribution in [-0.2, 0) is 26.7 Å². The lowest BCUT2D eigenvalue weighted by Crippen LogP contribution is -2.38. The molecule has 7 nitrogen and oxygen atoms in total.